The number of amides is 1. The fourth-order valence-electron chi connectivity index (χ4n) is 4.35. The van der Waals surface area contributed by atoms with Gasteiger partial charge in [0.2, 0.25) is 5.91 Å². The lowest BCUT2D eigenvalue weighted by molar-refractivity contribution is -0.119. The van der Waals surface area contributed by atoms with Gasteiger partial charge in [-0.25, -0.2) is 0 Å². The number of rotatable bonds is 4. The van der Waals surface area contributed by atoms with Crippen LogP contribution in [0, 0.1) is 5.92 Å². The zero-order valence-electron chi connectivity index (χ0n) is 17.0. The Morgan fingerprint density at radius 1 is 1.13 bits per heavy atom. The maximum absolute atomic E-state index is 13.4. The van der Waals surface area contributed by atoms with Crippen LogP contribution in [0.15, 0.2) is 64.8 Å². The minimum atomic E-state index is -0.639. The van der Waals surface area contributed by atoms with Gasteiger partial charge >= 0.3 is 0 Å². The van der Waals surface area contributed by atoms with Gasteiger partial charge in [0.15, 0.2) is 5.78 Å². The third-order valence-corrected chi connectivity index (χ3v) is 5.73. The molecular weight excluding hydrogens is 380 g/mol. The lowest BCUT2D eigenvalue weighted by Gasteiger charge is -2.35. The minimum absolute atomic E-state index is 0.0423. The van der Waals surface area contributed by atoms with E-state index in [1.807, 2.05) is 19.1 Å². The van der Waals surface area contributed by atoms with Gasteiger partial charge in [-0.1, -0.05) is 24.3 Å². The molecule has 4 rings (SSSR count). The topological polar surface area (TPSA) is 88.0 Å². The summed E-state index contributed by atoms with van der Waals surface area (Å²) in [6.07, 6.45) is 1.96. The monoisotopic (exact) mass is 404 g/mol. The number of carbonyl (C=O) groups is 2. The van der Waals surface area contributed by atoms with Crippen LogP contribution in [0.4, 0.5) is 5.69 Å². The van der Waals surface area contributed by atoms with Gasteiger partial charge in [-0.15, -0.1) is 0 Å². The molecule has 0 saturated carbocycles. The summed E-state index contributed by atoms with van der Waals surface area (Å²) in [6, 6.07) is 13.9. The normalized spacial score (nSPS) is 21.0. The minimum Gasteiger partial charge on any atom is -0.508 e. The average molecular weight is 404 g/mol. The summed E-state index contributed by atoms with van der Waals surface area (Å²) in [5.41, 5.74) is 3.46. The van der Waals surface area contributed by atoms with Crippen molar-refractivity contribution < 1.29 is 19.4 Å². The van der Waals surface area contributed by atoms with Gasteiger partial charge in [0, 0.05) is 29.3 Å². The summed E-state index contributed by atoms with van der Waals surface area (Å²) in [6.45, 7) is 1.84. The summed E-state index contributed by atoms with van der Waals surface area (Å²) in [5.74, 6) is -0.587. The van der Waals surface area contributed by atoms with Crippen LogP contribution in [0.2, 0.25) is 0 Å². The fourth-order valence-corrected chi connectivity index (χ4v) is 4.35. The molecule has 30 heavy (non-hydrogen) atoms. The molecule has 0 saturated heterocycles. The second kappa shape index (κ2) is 8.14. The van der Waals surface area contributed by atoms with Crippen LogP contribution in [-0.4, -0.2) is 29.6 Å². The Labute approximate surface area is 175 Å². The summed E-state index contributed by atoms with van der Waals surface area (Å²) >= 11 is 0. The van der Waals surface area contributed by atoms with Gasteiger partial charge in [0.1, 0.15) is 11.5 Å². The molecule has 0 radical (unpaired) electrons. The number of benzene rings is 2. The largest absolute Gasteiger partial charge is 0.508 e. The van der Waals surface area contributed by atoms with E-state index in [4.69, 9.17) is 4.74 Å². The molecule has 6 heteroatoms. The van der Waals surface area contributed by atoms with Gasteiger partial charge in [0.05, 0.1) is 18.7 Å². The maximum atomic E-state index is 13.4. The molecular formula is C24H24N2O4. The van der Waals surface area contributed by atoms with Crippen LogP contribution in [0.5, 0.6) is 11.5 Å². The number of phenolic OH excluding ortho intramolecular Hbond substituents is 1. The quantitative estimate of drug-likeness (QED) is 0.799. The SMILES string of the molecule is COc1ccccc1NC(=O)C1C(C)=NC2=C(C(=O)CCC2)[C@@H]1c1ccc(O)cc1. The second-order valence-electron chi connectivity index (χ2n) is 7.63. The molecule has 0 bridgehead atoms. The molecule has 2 aliphatic rings. The third kappa shape index (κ3) is 3.61. The Kier molecular flexibility index (Phi) is 5.40. The van der Waals surface area contributed by atoms with Gasteiger partial charge in [-0.05, 0) is 49.6 Å². The number of Topliss-reactive ketones (excluding diaryl/α,β-unsaturated/α-hetero) is 1. The molecule has 1 amide bonds. The number of aromatic hydroxyl groups is 1. The Morgan fingerprint density at radius 3 is 2.60 bits per heavy atom. The number of nitrogens with zero attached hydrogens (tertiary/aromatic N) is 1. The number of hydrogen-bond acceptors (Lipinski definition) is 5. The predicted octanol–water partition coefficient (Wildman–Crippen LogP) is 4.22. The van der Waals surface area contributed by atoms with Crippen molar-refractivity contribution in [1.82, 2.24) is 0 Å². The zero-order chi connectivity index (χ0) is 21.3. The Balaban J connectivity index is 1.77. The summed E-state index contributed by atoms with van der Waals surface area (Å²) in [7, 11) is 1.55. The van der Waals surface area contributed by atoms with Crippen LogP contribution < -0.4 is 10.1 Å². The highest BCUT2D eigenvalue weighted by atomic mass is 16.5. The van der Waals surface area contributed by atoms with E-state index in [0.717, 1.165) is 24.1 Å². The van der Waals surface area contributed by atoms with E-state index < -0.39 is 11.8 Å². The van der Waals surface area contributed by atoms with Crippen molar-refractivity contribution in [1.29, 1.82) is 0 Å². The van der Waals surface area contributed by atoms with E-state index in [-0.39, 0.29) is 17.4 Å². The standard InChI is InChI=1S/C24H24N2O4/c1-14-21(24(29)26-17-6-3-4-9-20(17)30-2)22(15-10-12-16(27)13-11-15)23-18(25-14)7-5-8-19(23)28/h3-4,6,9-13,21-22,27H,5,7-8H2,1-2H3,(H,26,29)/t21?,22-/m1/s1. The van der Waals surface area contributed by atoms with Crippen molar-refractivity contribution in [3.05, 3.63) is 65.4 Å². The summed E-state index contributed by atoms with van der Waals surface area (Å²) in [4.78, 5) is 31.0. The lowest BCUT2D eigenvalue weighted by atomic mass is 9.71. The van der Waals surface area contributed by atoms with Gasteiger partial charge < -0.3 is 15.2 Å². The Hall–Kier alpha value is -3.41. The molecule has 0 fully saturated rings. The van der Waals surface area contributed by atoms with Crippen LogP contribution in [0.1, 0.15) is 37.7 Å². The molecule has 2 aromatic rings. The van der Waals surface area contributed by atoms with Crippen LogP contribution >= 0.6 is 0 Å². The second-order valence-corrected chi connectivity index (χ2v) is 7.63. The number of allylic oxidation sites excluding steroid dienone is 2. The molecule has 1 aliphatic carbocycles. The van der Waals surface area contributed by atoms with E-state index >= 15 is 0 Å². The number of hydrogen-bond donors (Lipinski definition) is 2. The van der Waals surface area contributed by atoms with E-state index in [9.17, 15) is 14.7 Å². The highest BCUT2D eigenvalue weighted by Gasteiger charge is 2.42. The molecule has 1 heterocycles. The van der Waals surface area contributed by atoms with Crippen molar-refractivity contribution in [2.75, 3.05) is 12.4 Å². The highest BCUT2D eigenvalue weighted by Crippen LogP contribution is 2.44. The number of nitrogens with one attached hydrogen (secondary N) is 1. The van der Waals surface area contributed by atoms with Gasteiger partial charge in [0.25, 0.3) is 0 Å². The first kappa shape index (κ1) is 19.9. The number of aliphatic imine (C=N–C) groups is 1. The van der Waals surface area contributed by atoms with Crippen molar-refractivity contribution >= 4 is 23.1 Å². The van der Waals surface area contributed by atoms with Crippen LogP contribution in [0.3, 0.4) is 0 Å². The maximum Gasteiger partial charge on any atom is 0.234 e. The smallest absolute Gasteiger partial charge is 0.234 e. The van der Waals surface area contributed by atoms with E-state index in [1.165, 1.54) is 0 Å². The molecule has 2 aromatic carbocycles. The first-order chi connectivity index (χ1) is 14.5. The fraction of sp³-hybridized carbons (Fsp3) is 0.292. The number of carbonyl (C=O) groups excluding carboxylic acids is 2. The molecule has 1 unspecified atom stereocenters. The molecule has 2 atom stereocenters. The Morgan fingerprint density at radius 2 is 1.87 bits per heavy atom. The van der Waals surface area contributed by atoms with E-state index in [2.05, 4.69) is 10.3 Å². The highest BCUT2D eigenvalue weighted by molar-refractivity contribution is 6.13. The molecule has 6 nitrogen and oxygen atoms in total. The molecule has 0 spiro atoms. The van der Waals surface area contributed by atoms with Crippen LogP contribution in [0.25, 0.3) is 0 Å². The number of phenols is 1. The molecule has 2 N–H and O–H groups in total. The first-order valence-electron chi connectivity index (χ1n) is 10.0. The number of ketones is 1. The first-order valence-corrected chi connectivity index (χ1v) is 10.0. The summed E-state index contributed by atoms with van der Waals surface area (Å²) in [5, 5.41) is 12.7. The average Bonchev–Trinajstić information content (AvgIpc) is 2.74. The van der Waals surface area contributed by atoms with Gasteiger partial charge in [-0.2, -0.15) is 0 Å². The zero-order valence-corrected chi connectivity index (χ0v) is 17.0. The lowest BCUT2D eigenvalue weighted by Crippen LogP contribution is -2.39. The summed E-state index contributed by atoms with van der Waals surface area (Å²) < 4.78 is 5.35. The van der Waals surface area contributed by atoms with Crippen LogP contribution in [-0.2, 0) is 9.59 Å². The van der Waals surface area contributed by atoms with Crippen molar-refractivity contribution in [2.24, 2.45) is 10.9 Å². The number of ether oxygens (including phenoxy) is 1. The molecule has 154 valence electrons. The number of methoxy groups -OCH3 is 1. The Bertz CT molecular complexity index is 1050. The van der Waals surface area contributed by atoms with Gasteiger partial charge in [-0.3, -0.25) is 14.6 Å². The number of anilines is 1. The molecule has 0 aromatic heterocycles. The van der Waals surface area contributed by atoms with Crippen molar-refractivity contribution in [3.8, 4) is 11.5 Å². The predicted molar refractivity (Wildman–Crippen MR) is 115 cm³/mol. The van der Waals surface area contributed by atoms with E-state index in [1.54, 1.807) is 43.5 Å². The third-order valence-electron chi connectivity index (χ3n) is 5.73. The van der Waals surface area contributed by atoms with Crippen molar-refractivity contribution in [3.63, 3.8) is 0 Å². The molecule has 1 aliphatic heterocycles. The van der Waals surface area contributed by atoms with E-state index in [0.29, 0.717) is 29.1 Å². The van der Waals surface area contributed by atoms with Crippen molar-refractivity contribution in [2.45, 2.75) is 32.1 Å². The number of para-hydroxylation sites is 2.